The Balaban J connectivity index is 2.04. The van der Waals surface area contributed by atoms with E-state index in [0.29, 0.717) is 27.7 Å². The summed E-state index contributed by atoms with van der Waals surface area (Å²) in [5.74, 6) is 0. The zero-order chi connectivity index (χ0) is 17.6. The van der Waals surface area contributed by atoms with Crippen molar-refractivity contribution in [1.29, 1.82) is 0 Å². The molecule has 10 heteroatoms. The number of fused-ring (bicyclic) bond motifs is 1. The number of benzene rings is 1. The fraction of sp³-hybridized carbons (Fsp3) is 0.357. The van der Waals surface area contributed by atoms with E-state index in [-0.39, 0.29) is 6.61 Å². The summed E-state index contributed by atoms with van der Waals surface area (Å²) in [6.45, 7) is -0.285. The molecule has 2 unspecified atom stereocenters. The standard InChI is InChI=1S/C14H14F3N3O3S/c1-19-11(14(15,16)17)5-12(22)20(13(19)23)7-2-3-10-8(4-7)9(6-21)18-24-10/h2-5,12-13,21-23H,6H2,1H3. The van der Waals surface area contributed by atoms with Gasteiger partial charge in [0.2, 0.25) is 6.35 Å². The van der Waals surface area contributed by atoms with Gasteiger partial charge < -0.3 is 20.2 Å². The lowest BCUT2D eigenvalue weighted by atomic mass is 10.1. The van der Waals surface area contributed by atoms with Gasteiger partial charge in [0.15, 0.2) is 6.23 Å². The first-order valence-corrected chi connectivity index (χ1v) is 7.67. The molecule has 2 aromatic rings. The Bertz CT molecular complexity index is 792. The fourth-order valence-electron chi connectivity index (χ4n) is 2.62. The van der Waals surface area contributed by atoms with Gasteiger partial charge in [-0.1, -0.05) is 0 Å². The first-order chi connectivity index (χ1) is 11.2. The van der Waals surface area contributed by atoms with Crippen LogP contribution in [0.4, 0.5) is 18.9 Å². The van der Waals surface area contributed by atoms with Gasteiger partial charge in [0.05, 0.1) is 17.0 Å². The highest BCUT2D eigenvalue weighted by Crippen LogP contribution is 2.36. The van der Waals surface area contributed by atoms with E-state index in [9.17, 15) is 28.5 Å². The van der Waals surface area contributed by atoms with E-state index in [4.69, 9.17) is 0 Å². The lowest BCUT2D eigenvalue weighted by molar-refractivity contribution is -0.133. The zero-order valence-electron chi connectivity index (χ0n) is 12.4. The molecular weight excluding hydrogens is 347 g/mol. The number of hydrogen-bond donors (Lipinski definition) is 3. The van der Waals surface area contributed by atoms with Gasteiger partial charge in [-0.2, -0.15) is 17.5 Å². The van der Waals surface area contributed by atoms with Gasteiger partial charge in [0.1, 0.15) is 5.70 Å². The van der Waals surface area contributed by atoms with Gasteiger partial charge in [-0.15, -0.1) is 0 Å². The van der Waals surface area contributed by atoms with Crippen LogP contribution < -0.4 is 4.90 Å². The molecule has 0 bridgehead atoms. The van der Waals surface area contributed by atoms with Crippen molar-refractivity contribution in [3.05, 3.63) is 35.7 Å². The van der Waals surface area contributed by atoms with Gasteiger partial charge >= 0.3 is 6.18 Å². The predicted molar refractivity (Wildman–Crippen MR) is 81.9 cm³/mol. The molecule has 130 valence electrons. The van der Waals surface area contributed by atoms with E-state index in [1.165, 1.54) is 11.5 Å². The Hall–Kier alpha value is -1.88. The van der Waals surface area contributed by atoms with Crippen molar-refractivity contribution in [2.45, 2.75) is 25.4 Å². The van der Waals surface area contributed by atoms with Gasteiger partial charge in [-0.05, 0) is 35.8 Å². The number of rotatable bonds is 2. The van der Waals surface area contributed by atoms with Crippen LogP contribution in [0.25, 0.3) is 10.1 Å². The Morgan fingerprint density at radius 1 is 1.29 bits per heavy atom. The average molecular weight is 361 g/mol. The minimum atomic E-state index is -4.69. The number of nitrogens with zero attached hydrogens (tertiary/aromatic N) is 3. The SMILES string of the molecule is CN1C(C(F)(F)F)=CC(O)N(c2ccc3snc(CO)c3c2)C1O. The molecule has 1 aliphatic heterocycles. The van der Waals surface area contributed by atoms with Gasteiger partial charge in [0, 0.05) is 18.1 Å². The van der Waals surface area contributed by atoms with Crippen molar-refractivity contribution in [1.82, 2.24) is 9.27 Å². The molecule has 1 aliphatic rings. The predicted octanol–water partition coefficient (Wildman–Crippen LogP) is 1.58. The van der Waals surface area contributed by atoms with Crippen LogP contribution in [0.15, 0.2) is 30.0 Å². The lowest BCUT2D eigenvalue weighted by Crippen LogP contribution is -2.56. The first kappa shape index (κ1) is 17.0. The third-order valence-corrected chi connectivity index (χ3v) is 4.70. The van der Waals surface area contributed by atoms with Crippen molar-refractivity contribution < 1.29 is 28.5 Å². The first-order valence-electron chi connectivity index (χ1n) is 6.89. The lowest BCUT2D eigenvalue weighted by Gasteiger charge is -2.43. The van der Waals surface area contributed by atoms with Crippen LogP contribution in [0.3, 0.4) is 0 Å². The molecular formula is C14H14F3N3O3S. The van der Waals surface area contributed by atoms with Crippen LogP contribution in [0.5, 0.6) is 0 Å². The summed E-state index contributed by atoms with van der Waals surface area (Å²) < 4.78 is 43.7. The van der Waals surface area contributed by atoms with Gasteiger partial charge in [0.25, 0.3) is 0 Å². The zero-order valence-corrected chi connectivity index (χ0v) is 13.2. The van der Waals surface area contributed by atoms with Crippen LogP contribution in [-0.2, 0) is 6.61 Å². The van der Waals surface area contributed by atoms with E-state index in [1.54, 1.807) is 18.2 Å². The summed E-state index contributed by atoms with van der Waals surface area (Å²) in [4.78, 5) is 1.67. The molecule has 3 rings (SSSR count). The van der Waals surface area contributed by atoms with E-state index in [0.717, 1.165) is 16.6 Å². The van der Waals surface area contributed by atoms with Crippen LogP contribution in [0, 0.1) is 0 Å². The summed E-state index contributed by atoms with van der Waals surface area (Å²) in [6.07, 6.45) is -7.42. The molecule has 24 heavy (non-hydrogen) atoms. The maximum Gasteiger partial charge on any atom is 0.431 e. The summed E-state index contributed by atoms with van der Waals surface area (Å²) in [5.41, 5.74) is -0.382. The highest BCUT2D eigenvalue weighted by molar-refractivity contribution is 7.13. The second-order valence-electron chi connectivity index (χ2n) is 5.30. The molecule has 0 aliphatic carbocycles. The number of aliphatic hydroxyl groups is 3. The van der Waals surface area contributed by atoms with E-state index in [2.05, 4.69) is 4.37 Å². The summed E-state index contributed by atoms with van der Waals surface area (Å²) >= 11 is 1.18. The van der Waals surface area contributed by atoms with Crippen LogP contribution in [-0.4, -0.2) is 50.4 Å². The number of hydrogen-bond acceptors (Lipinski definition) is 7. The number of anilines is 1. The summed E-state index contributed by atoms with van der Waals surface area (Å²) in [5, 5.41) is 30.2. The van der Waals surface area contributed by atoms with Crippen molar-refractivity contribution in [3.63, 3.8) is 0 Å². The van der Waals surface area contributed by atoms with Crippen LogP contribution in [0.1, 0.15) is 5.69 Å². The van der Waals surface area contributed by atoms with Crippen molar-refractivity contribution in [2.24, 2.45) is 0 Å². The molecule has 0 saturated carbocycles. The molecule has 0 radical (unpaired) electrons. The summed E-state index contributed by atoms with van der Waals surface area (Å²) in [7, 11) is 1.09. The Labute approximate surface area is 138 Å². The van der Waals surface area contributed by atoms with E-state index in [1.807, 2.05) is 0 Å². The number of halogens is 3. The third-order valence-electron chi connectivity index (χ3n) is 3.83. The number of aliphatic hydroxyl groups excluding tert-OH is 3. The molecule has 3 N–H and O–H groups in total. The molecule has 0 amide bonds. The Morgan fingerprint density at radius 2 is 2.00 bits per heavy atom. The molecule has 0 fully saturated rings. The molecule has 2 heterocycles. The minimum absolute atomic E-state index is 0.285. The summed E-state index contributed by atoms with van der Waals surface area (Å²) in [6, 6.07) is 4.80. The second-order valence-corrected chi connectivity index (χ2v) is 6.10. The average Bonchev–Trinajstić information content (AvgIpc) is 2.92. The Kier molecular flexibility index (Phi) is 4.16. The van der Waals surface area contributed by atoms with Gasteiger partial charge in [-0.25, -0.2) is 0 Å². The Morgan fingerprint density at radius 3 is 2.62 bits per heavy atom. The molecule has 0 spiro atoms. The normalized spacial score (nSPS) is 22.2. The van der Waals surface area contributed by atoms with Crippen molar-refractivity contribution >= 4 is 27.3 Å². The van der Waals surface area contributed by atoms with Crippen LogP contribution >= 0.6 is 11.5 Å². The highest BCUT2D eigenvalue weighted by atomic mass is 32.1. The quantitative estimate of drug-likeness (QED) is 0.754. The van der Waals surface area contributed by atoms with E-state index < -0.39 is 24.5 Å². The minimum Gasteiger partial charge on any atom is -0.390 e. The molecule has 2 atom stereocenters. The number of allylic oxidation sites excluding steroid dienone is 1. The largest absolute Gasteiger partial charge is 0.431 e. The molecule has 1 aromatic carbocycles. The number of alkyl halides is 3. The topological polar surface area (TPSA) is 80.1 Å². The van der Waals surface area contributed by atoms with Crippen molar-refractivity contribution in [2.75, 3.05) is 11.9 Å². The second kappa shape index (κ2) is 5.88. The van der Waals surface area contributed by atoms with Crippen molar-refractivity contribution in [3.8, 4) is 0 Å². The number of aromatic nitrogens is 1. The maximum atomic E-state index is 12.9. The fourth-order valence-corrected chi connectivity index (χ4v) is 3.39. The monoisotopic (exact) mass is 361 g/mol. The van der Waals surface area contributed by atoms with Crippen LogP contribution in [0.2, 0.25) is 0 Å². The maximum absolute atomic E-state index is 12.9. The molecule has 6 nitrogen and oxygen atoms in total. The van der Waals surface area contributed by atoms with Gasteiger partial charge in [-0.3, -0.25) is 4.90 Å². The third kappa shape index (κ3) is 2.71. The smallest absolute Gasteiger partial charge is 0.390 e. The highest BCUT2D eigenvalue weighted by Gasteiger charge is 2.44. The van der Waals surface area contributed by atoms with E-state index >= 15 is 0 Å². The molecule has 0 saturated heterocycles. The molecule has 1 aromatic heterocycles.